The van der Waals surface area contributed by atoms with E-state index >= 15 is 0 Å². The monoisotopic (exact) mass is 124 g/mol. The lowest BCUT2D eigenvalue weighted by molar-refractivity contribution is 0.898. The molecule has 0 amide bonds. The number of hydrazone groups is 1. The van der Waals surface area contributed by atoms with Gasteiger partial charge in [0, 0.05) is 12.4 Å². The van der Waals surface area contributed by atoms with Gasteiger partial charge in [0.1, 0.15) is 0 Å². The molecule has 0 heterocycles. The summed E-state index contributed by atoms with van der Waals surface area (Å²) in [6, 6.07) is 0. The molecule has 0 saturated carbocycles. The largest absolute Gasteiger partial charge is 0.284 e. The Morgan fingerprint density at radius 1 is 1.67 bits per heavy atom. The van der Waals surface area contributed by atoms with E-state index in [1.807, 2.05) is 32.1 Å². The van der Waals surface area contributed by atoms with Crippen LogP contribution in [0.3, 0.4) is 0 Å². The predicted molar refractivity (Wildman–Crippen MR) is 41.3 cm³/mol. The van der Waals surface area contributed by atoms with E-state index in [9.17, 15) is 0 Å². The van der Waals surface area contributed by atoms with Gasteiger partial charge in [-0.1, -0.05) is 12.2 Å². The predicted octanol–water partition coefficient (Wildman–Crippen LogP) is 1.67. The minimum absolute atomic E-state index is 0.989. The third-order valence-corrected chi connectivity index (χ3v) is 0.794. The van der Waals surface area contributed by atoms with E-state index in [1.165, 1.54) is 0 Å². The van der Waals surface area contributed by atoms with Gasteiger partial charge in [0.2, 0.25) is 0 Å². The lowest BCUT2D eigenvalue weighted by Gasteiger charge is -1.93. The molecule has 0 aromatic rings. The van der Waals surface area contributed by atoms with Gasteiger partial charge in [-0.15, -0.1) is 0 Å². The first-order valence-corrected chi connectivity index (χ1v) is 2.82. The lowest BCUT2D eigenvalue weighted by atomic mass is 10.4. The Bertz CT molecular complexity index is 134. The van der Waals surface area contributed by atoms with Crippen molar-refractivity contribution in [3.05, 3.63) is 23.9 Å². The minimum atomic E-state index is 0.989. The van der Waals surface area contributed by atoms with E-state index in [4.69, 9.17) is 0 Å². The summed E-state index contributed by atoms with van der Waals surface area (Å²) in [6.45, 7) is 7.17. The molecule has 1 N–H and O–H groups in total. The molecule has 0 fully saturated rings. The van der Waals surface area contributed by atoms with Gasteiger partial charge >= 0.3 is 0 Å². The molecule has 2 nitrogen and oxygen atoms in total. The Balaban J connectivity index is 3.68. The van der Waals surface area contributed by atoms with Crippen LogP contribution in [0.2, 0.25) is 0 Å². The summed E-state index contributed by atoms with van der Waals surface area (Å²) in [6.07, 6.45) is 5.82. The molecule has 0 saturated heterocycles. The fraction of sp³-hybridized carbons (Fsp3) is 0.286. The van der Waals surface area contributed by atoms with Crippen LogP contribution in [0.5, 0.6) is 0 Å². The zero-order valence-corrected chi connectivity index (χ0v) is 5.89. The molecule has 0 radical (unpaired) electrons. The summed E-state index contributed by atoms with van der Waals surface area (Å²) >= 11 is 0. The first kappa shape index (κ1) is 7.95. The van der Waals surface area contributed by atoms with Gasteiger partial charge in [0.15, 0.2) is 0 Å². The Kier molecular flexibility index (Phi) is 4.50. The quantitative estimate of drug-likeness (QED) is 0.345. The zero-order valence-electron chi connectivity index (χ0n) is 5.89. The van der Waals surface area contributed by atoms with Crippen molar-refractivity contribution in [3.8, 4) is 0 Å². The first-order valence-electron chi connectivity index (χ1n) is 2.82. The second-order valence-corrected chi connectivity index (χ2v) is 1.65. The van der Waals surface area contributed by atoms with Crippen LogP contribution >= 0.6 is 0 Å². The molecule has 50 valence electrons. The van der Waals surface area contributed by atoms with E-state index in [-0.39, 0.29) is 0 Å². The minimum Gasteiger partial charge on any atom is -0.284 e. The van der Waals surface area contributed by atoms with Gasteiger partial charge in [-0.25, -0.2) is 0 Å². The average Bonchev–Trinajstić information content (AvgIpc) is 1.85. The highest BCUT2D eigenvalue weighted by molar-refractivity contribution is 5.23. The van der Waals surface area contributed by atoms with Crippen LogP contribution in [-0.2, 0) is 0 Å². The molecular weight excluding hydrogens is 112 g/mol. The Hall–Kier alpha value is -1.05. The van der Waals surface area contributed by atoms with Crippen molar-refractivity contribution in [1.29, 1.82) is 0 Å². The molecule has 0 aliphatic rings. The molecule has 0 bridgehead atoms. The third kappa shape index (κ3) is 4.81. The van der Waals surface area contributed by atoms with Crippen molar-refractivity contribution in [2.24, 2.45) is 5.10 Å². The summed E-state index contributed by atoms with van der Waals surface area (Å²) in [5.41, 5.74) is 3.69. The summed E-state index contributed by atoms with van der Waals surface area (Å²) in [5.74, 6) is 0. The first-order chi connectivity index (χ1) is 4.31. The number of rotatable bonds is 3. The maximum atomic E-state index is 3.49. The highest BCUT2D eigenvalue weighted by atomic mass is 15.3. The standard InChI is InChI=1S/C7H12N2/c1-4-5-6-7(2)9-8-3/h4-6,9H,3H2,1-2H3/b5-4-,7-6+. The molecule has 0 aromatic heterocycles. The molecule has 2 heteroatoms. The molecule has 0 aliphatic heterocycles. The molecule has 0 atom stereocenters. The number of hydrogen-bond acceptors (Lipinski definition) is 2. The number of allylic oxidation sites excluding steroid dienone is 4. The topological polar surface area (TPSA) is 24.4 Å². The van der Waals surface area contributed by atoms with Gasteiger partial charge in [-0.05, 0) is 19.9 Å². The molecule has 0 spiro atoms. The van der Waals surface area contributed by atoms with Gasteiger partial charge in [0.25, 0.3) is 0 Å². The van der Waals surface area contributed by atoms with Crippen molar-refractivity contribution in [3.63, 3.8) is 0 Å². The van der Waals surface area contributed by atoms with E-state index in [0.29, 0.717) is 0 Å². The summed E-state index contributed by atoms with van der Waals surface area (Å²) in [7, 11) is 0. The maximum absolute atomic E-state index is 3.49. The van der Waals surface area contributed by atoms with Gasteiger partial charge in [-0.3, -0.25) is 5.43 Å². The highest BCUT2D eigenvalue weighted by Gasteiger charge is 1.76. The Labute approximate surface area is 56.0 Å². The van der Waals surface area contributed by atoms with Crippen molar-refractivity contribution >= 4 is 6.72 Å². The molecule has 9 heavy (non-hydrogen) atoms. The maximum Gasteiger partial charge on any atom is 0.0304 e. The van der Waals surface area contributed by atoms with Crippen molar-refractivity contribution < 1.29 is 0 Å². The number of nitrogens with zero attached hydrogens (tertiary/aromatic N) is 1. The molecular formula is C7H12N2. The Morgan fingerprint density at radius 2 is 2.33 bits per heavy atom. The van der Waals surface area contributed by atoms with E-state index in [2.05, 4.69) is 17.2 Å². The molecule has 0 rings (SSSR count). The SMILES string of the molecule is C=NN/C(C)=C/C=C\C. The van der Waals surface area contributed by atoms with Crippen molar-refractivity contribution in [2.45, 2.75) is 13.8 Å². The summed E-state index contributed by atoms with van der Waals surface area (Å²) in [5, 5.41) is 3.49. The van der Waals surface area contributed by atoms with E-state index in [0.717, 1.165) is 5.70 Å². The van der Waals surface area contributed by atoms with Crippen LogP contribution in [0.4, 0.5) is 0 Å². The summed E-state index contributed by atoms with van der Waals surface area (Å²) < 4.78 is 0. The fourth-order valence-electron chi connectivity index (χ4n) is 0.403. The van der Waals surface area contributed by atoms with Crippen LogP contribution < -0.4 is 5.43 Å². The third-order valence-electron chi connectivity index (χ3n) is 0.794. The van der Waals surface area contributed by atoms with E-state index < -0.39 is 0 Å². The second-order valence-electron chi connectivity index (χ2n) is 1.65. The Morgan fingerprint density at radius 3 is 2.78 bits per heavy atom. The number of hydrogen-bond donors (Lipinski definition) is 1. The van der Waals surface area contributed by atoms with Crippen molar-refractivity contribution in [2.75, 3.05) is 0 Å². The van der Waals surface area contributed by atoms with Gasteiger partial charge < -0.3 is 0 Å². The van der Waals surface area contributed by atoms with Crippen LogP contribution in [0, 0.1) is 0 Å². The zero-order chi connectivity index (χ0) is 7.11. The second kappa shape index (κ2) is 5.09. The normalized spacial score (nSPS) is 12.0. The van der Waals surface area contributed by atoms with Gasteiger partial charge in [-0.2, -0.15) is 5.10 Å². The molecule has 0 aliphatic carbocycles. The van der Waals surface area contributed by atoms with Crippen LogP contribution in [0.15, 0.2) is 29.0 Å². The average molecular weight is 124 g/mol. The van der Waals surface area contributed by atoms with Crippen LogP contribution in [0.25, 0.3) is 0 Å². The number of nitrogens with one attached hydrogen (secondary N) is 1. The summed E-state index contributed by atoms with van der Waals surface area (Å²) in [4.78, 5) is 0. The molecule has 0 aromatic carbocycles. The lowest BCUT2D eigenvalue weighted by Crippen LogP contribution is -1.98. The van der Waals surface area contributed by atoms with Crippen LogP contribution in [-0.4, -0.2) is 6.72 Å². The molecule has 0 unspecified atom stereocenters. The van der Waals surface area contributed by atoms with Gasteiger partial charge in [0.05, 0.1) is 0 Å². The fourth-order valence-corrected chi connectivity index (χ4v) is 0.403. The van der Waals surface area contributed by atoms with E-state index in [1.54, 1.807) is 0 Å². The smallest absolute Gasteiger partial charge is 0.0304 e. The van der Waals surface area contributed by atoms with Crippen LogP contribution in [0.1, 0.15) is 13.8 Å². The highest BCUT2D eigenvalue weighted by Crippen LogP contribution is 1.85. The van der Waals surface area contributed by atoms with Crippen molar-refractivity contribution in [1.82, 2.24) is 5.43 Å².